The van der Waals surface area contributed by atoms with Crippen molar-refractivity contribution in [1.82, 2.24) is 9.13 Å². The molecule has 4 aromatic heterocycles. The molecule has 0 bridgehead atoms. The van der Waals surface area contributed by atoms with Crippen LogP contribution < -0.4 is 20.7 Å². The predicted molar refractivity (Wildman–Crippen MR) is 322 cm³/mol. The van der Waals surface area contributed by atoms with Gasteiger partial charge in [-0.2, -0.15) is 0 Å². The largest absolute Gasteiger partial charge is 0.456 e. The van der Waals surface area contributed by atoms with Crippen LogP contribution in [0, 0.1) is 0 Å². The molecule has 6 heterocycles. The Morgan fingerprint density at radius 2 is 0.506 bits per heavy atom. The van der Waals surface area contributed by atoms with Crippen molar-refractivity contribution in [1.29, 1.82) is 0 Å². The van der Waals surface area contributed by atoms with E-state index in [0.29, 0.717) is 0 Å². The summed E-state index contributed by atoms with van der Waals surface area (Å²) in [5.41, 5.74) is 20.3. The van der Waals surface area contributed by atoms with Gasteiger partial charge in [-0.1, -0.05) is 170 Å². The van der Waals surface area contributed by atoms with E-state index in [1.807, 2.05) is 0 Å². The van der Waals surface area contributed by atoms with Gasteiger partial charge in [0.1, 0.15) is 22.3 Å². The highest BCUT2D eigenvalue weighted by atomic mass is 28.3. The van der Waals surface area contributed by atoms with Gasteiger partial charge in [0.05, 0.1) is 22.1 Å². The summed E-state index contributed by atoms with van der Waals surface area (Å²) in [6, 6.07) is 95.1. The number of fused-ring (bicyclic) bond motifs is 26. The van der Waals surface area contributed by atoms with E-state index in [1.54, 1.807) is 0 Å². The van der Waals surface area contributed by atoms with Crippen LogP contribution >= 0.6 is 0 Å². The lowest BCUT2D eigenvalue weighted by Crippen LogP contribution is -2.75. The number of aromatic nitrogens is 2. The molecule has 77 heavy (non-hydrogen) atoms. The molecule has 0 N–H and O–H groups in total. The van der Waals surface area contributed by atoms with Crippen LogP contribution in [0.2, 0.25) is 0 Å². The second-order valence-corrected chi connectivity index (χ2v) is 24.7. The van der Waals surface area contributed by atoms with Crippen LogP contribution in [0.1, 0.15) is 0 Å². The number of hydrogen-bond acceptors (Lipinski definition) is 2. The zero-order chi connectivity index (χ0) is 50.1. The smallest absolute Gasteiger partial charge is 0.182 e. The molecule has 0 radical (unpaired) electrons. The fourth-order valence-electron chi connectivity index (χ4n) is 14.2. The molecule has 0 saturated carbocycles. The summed E-state index contributed by atoms with van der Waals surface area (Å²) in [5.74, 6) is 0. The molecule has 12 aromatic carbocycles. The predicted octanol–water partition coefficient (Wildman–Crippen LogP) is 16.4. The first-order chi connectivity index (χ1) is 38.2. The average Bonchev–Trinajstić information content (AvgIpc) is 4.41. The molecule has 356 valence electrons. The molecular formula is C72H42N2O2Si. The number of benzene rings is 12. The minimum atomic E-state index is -3.23. The third-order valence-electron chi connectivity index (χ3n) is 17.3. The summed E-state index contributed by atoms with van der Waals surface area (Å²) >= 11 is 0. The summed E-state index contributed by atoms with van der Waals surface area (Å²) in [7, 11) is -3.23. The quantitative estimate of drug-likeness (QED) is 0.162. The third-order valence-corrected chi connectivity index (χ3v) is 22.3. The Morgan fingerprint density at radius 3 is 0.857 bits per heavy atom. The highest BCUT2D eigenvalue weighted by molar-refractivity contribution is 7.22. The van der Waals surface area contributed by atoms with Gasteiger partial charge >= 0.3 is 0 Å². The zero-order valence-electron chi connectivity index (χ0n) is 41.5. The molecule has 0 amide bonds. The maximum Gasteiger partial charge on any atom is 0.182 e. The Bertz CT molecular complexity index is 4820. The van der Waals surface area contributed by atoms with Crippen LogP contribution in [-0.4, -0.2) is 17.2 Å². The van der Waals surface area contributed by atoms with Crippen molar-refractivity contribution in [3.8, 4) is 55.9 Å². The lowest BCUT2D eigenvalue weighted by molar-refractivity contribution is 0.668. The van der Waals surface area contributed by atoms with E-state index in [4.69, 9.17) is 8.83 Å². The van der Waals surface area contributed by atoms with Crippen LogP contribution in [0.3, 0.4) is 0 Å². The topological polar surface area (TPSA) is 36.1 Å². The molecule has 2 aliphatic rings. The molecule has 0 unspecified atom stereocenters. The summed E-state index contributed by atoms with van der Waals surface area (Å²) in [6.45, 7) is 0. The van der Waals surface area contributed by atoms with Crippen molar-refractivity contribution in [2.75, 3.05) is 0 Å². The van der Waals surface area contributed by atoms with E-state index in [0.717, 1.165) is 55.3 Å². The van der Waals surface area contributed by atoms with Crippen LogP contribution in [0.5, 0.6) is 0 Å². The first kappa shape index (κ1) is 41.4. The average molecular weight is 995 g/mol. The molecule has 0 aliphatic carbocycles. The van der Waals surface area contributed by atoms with Crippen LogP contribution in [0.15, 0.2) is 264 Å². The van der Waals surface area contributed by atoms with Gasteiger partial charge in [-0.3, -0.25) is 0 Å². The highest BCUT2D eigenvalue weighted by Gasteiger charge is 2.50. The highest BCUT2D eigenvalue weighted by Crippen LogP contribution is 2.47. The van der Waals surface area contributed by atoms with Crippen LogP contribution in [0.4, 0.5) is 0 Å². The van der Waals surface area contributed by atoms with E-state index in [-0.39, 0.29) is 0 Å². The third kappa shape index (κ3) is 5.40. The molecule has 4 nitrogen and oxygen atoms in total. The molecule has 0 fully saturated rings. The first-order valence-corrected chi connectivity index (χ1v) is 28.6. The van der Waals surface area contributed by atoms with E-state index in [9.17, 15) is 0 Å². The molecule has 2 aliphatic heterocycles. The van der Waals surface area contributed by atoms with Gasteiger partial charge in [0.15, 0.2) is 8.07 Å². The van der Waals surface area contributed by atoms with Crippen LogP contribution in [0.25, 0.3) is 143 Å². The molecule has 18 rings (SSSR count). The summed E-state index contributed by atoms with van der Waals surface area (Å²) in [6.07, 6.45) is 0. The van der Waals surface area contributed by atoms with Crippen molar-refractivity contribution >= 4 is 116 Å². The van der Waals surface area contributed by atoms with E-state index in [1.165, 1.54) is 109 Å². The Morgan fingerprint density at radius 1 is 0.221 bits per heavy atom. The van der Waals surface area contributed by atoms with Gasteiger partial charge in [0, 0.05) is 54.5 Å². The normalized spacial score (nSPS) is 13.3. The van der Waals surface area contributed by atoms with Crippen LogP contribution in [-0.2, 0) is 0 Å². The first-order valence-electron chi connectivity index (χ1n) is 26.6. The summed E-state index contributed by atoms with van der Waals surface area (Å²) in [4.78, 5) is 0. The summed E-state index contributed by atoms with van der Waals surface area (Å²) in [5, 5.41) is 14.9. The zero-order valence-corrected chi connectivity index (χ0v) is 42.5. The minimum Gasteiger partial charge on any atom is -0.456 e. The van der Waals surface area contributed by atoms with Gasteiger partial charge in [0.25, 0.3) is 0 Å². The van der Waals surface area contributed by atoms with Crippen molar-refractivity contribution in [2.45, 2.75) is 0 Å². The van der Waals surface area contributed by atoms with E-state index in [2.05, 4.69) is 264 Å². The second kappa shape index (κ2) is 15.1. The number of furan rings is 2. The molecular weight excluding hydrogens is 953 g/mol. The van der Waals surface area contributed by atoms with E-state index >= 15 is 0 Å². The lowest BCUT2D eigenvalue weighted by Gasteiger charge is -2.37. The number of rotatable bonds is 2. The monoisotopic (exact) mass is 994 g/mol. The fourth-order valence-corrected chi connectivity index (χ4v) is 19.9. The second-order valence-electron chi connectivity index (χ2n) is 21.0. The number of hydrogen-bond donors (Lipinski definition) is 0. The fraction of sp³-hybridized carbons (Fsp3) is 0. The van der Waals surface area contributed by atoms with Gasteiger partial charge in [-0.05, 0) is 150 Å². The Hall–Kier alpha value is -9.94. The Kier molecular flexibility index (Phi) is 8.12. The van der Waals surface area contributed by atoms with Crippen molar-refractivity contribution < 1.29 is 8.83 Å². The van der Waals surface area contributed by atoms with Gasteiger partial charge < -0.3 is 18.0 Å². The maximum atomic E-state index is 6.94. The molecule has 0 saturated heterocycles. The van der Waals surface area contributed by atoms with Crippen molar-refractivity contribution in [3.05, 3.63) is 255 Å². The number of nitrogens with zero attached hydrogens (tertiary/aromatic N) is 2. The van der Waals surface area contributed by atoms with Gasteiger partial charge in [-0.15, -0.1) is 0 Å². The Balaban J connectivity index is 0.884. The molecule has 0 atom stereocenters. The standard InChI is InChI=1S/C72H42N2O2Si/c1-9-25-61-45(17-1)46-18-2-10-26-62(46)73(61)43-33-35-65-57(37-43)59-39-53-49-21-5-13-29-69(49)77(71-31-15-7-23-51(71)55(53)41-67(59)75-65)70-30-14-6-22-50(70)54-40-60-58-38-44(74-63-27-11-3-19-47(63)48-20-4-12-28-64(48)74)34-36-66(58)76-68(60)42-56(54)52-24-8-16-32-72(52)77/h1-42H. The Labute approximate surface area is 442 Å². The minimum absolute atomic E-state index is 0.878. The number of para-hydroxylation sites is 4. The van der Waals surface area contributed by atoms with Gasteiger partial charge in [0.2, 0.25) is 0 Å². The SMILES string of the molecule is c1ccc2c(c1)-c1cc3oc4ccc(-n5c6ccccc6c6ccccc65)cc4c3cc1-c1ccccc1[Si]21c2ccccc2-c2cc3oc4ccc(-n5c6ccccc6c6ccccc65)cc4c3cc2-c2ccccc21. The van der Waals surface area contributed by atoms with E-state index < -0.39 is 8.07 Å². The molecule has 1 spiro atoms. The lowest BCUT2D eigenvalue weighted by atomic mass is 9.93. The molecule has 5 heteroatoms. The van der Waals surface area contributed by atoms with Gasteiger partial charge in [-0.25, -0.2) is 0 Å². The van der Waals surface area contributed by atoms with Crippen molar-refractivity contribution in [3.63, 3.8) is 0 Å². The van der Waals surface area contributed by atoms with Crippen molar-refractivity contribution in [2.24, 2.45) is 0 Å². The molecule has 16 aromatic rings. The summed E-state index contributed by atoms with van der Waals surface area (Å²) < 4.78 is 18.7. The maximum absolute atomic E-state index is 6.94.